The zero-order valence-electron chi connectivity index (χ0n) is 8.85. The number of carbonyl (C=O) groups is 1. The van der Waals surface area contributed by atoms with Crippen molar-refractivity contribution in [1.82, 2.24) is 0 Å². The van der Waals surface area contributed by atoms with Crippen LogP contribution in [0.4, 0.5) is 8.78 Å². The number of halogens is 3. The molecule has 0 atom stereocenters. The quantitative estimate of drug-likeness (QED) is 0.869. The highest BCUT2D eigenvalue weighted by Gasteiger charge is 2.35. The van der Waals surface area contributed by atoms with E-state index in [1.54, 1.807) is 0 Å². The standard InChI is InChI=1S/C11H11BrF2O2/c1-11(2,10(15)16)9-7(13)3-6(5-12)4-8(9)14/h3-4H,5H2,1-2H3,(H,15,16). The highest BCUT2D eigenvalue weighted by atomic mass is 79.9. The van der Waals surface area contributed by atoms with E-state index in [2.05, 4.69) is 15.9 Å². The maximum Gasteiger partial charge on any atom is 0.313 e. The zero-order valence-corrected chi connectivity index (χ0v) is 10.4. The van der Waals surface area contributed by atoms with Gasteiger partial charge in [0.25, 0.3) is 0 Å². The Kier molecular flexibility index (Phi) is 3.68. The Labute approximate surface area is 100 Å². The monoisotopic (exact) mass is 292 g/mol. The van der Waals surface area contributed by atoms with Crippen molar-refractivity contribution < 1.29 is 18.7 Å². The maximum absolute atomic E-state index is 13.6. The molecule has 0 saturated heterocycles. The molecule has 0 heterocycles. The minimum Gasteiger partial charge on any atom is -0.481 e. The molecular weight excluding hydrogens is 282 g/mol. The third-order valence-electron chi connectivity index (χ3n) is 2.42. The Morgan fingerprint density at radius 3 is 2.12 bits per heavy atom. The van der Waals surface area contributed by atoms with E-state index in [1.807, 2.05) is 0 Å². The van der Waals surface area contributed by atoms with Crippen molar-refractivity contribution in [3.63, 3.8) is 0 Å². The topological polar surface area (TPSA) is 37.3 Å². The van der Waals surface area contributed by atoms with Crippen LogP contribution in [-0.4, -0.2) is 11.1 Å². The van der Waals surface area contributed by atoms with Gasteiger partial charge >= 0.3 is 5.97 Å². The lowest BCUT2D eigenvalue weighted by molar-refractivity contribution is -0.142. The molecule has 0 bridgehead atoms. The Hall–Kier alpha value is -0.970. The first kappa shape index (κ1) is 13.1. The minimum absolute atomic E-state index is 0.314. The number of hydrogen-bond acceptors (Lipinski definition) is 1. The molecule has 16 heavy (non-hydrogen) atoms. The van der Waals surface area contributed by atoms with Crippen molar-refractivity contribution in [3.8, 4) is 0 Å². The first-order valence-corrected chi connectivity index (χ1v) is 5.70. The van der Waals surface area contributed by atoms with E-state index in [0.717, 1.165) is 12.1 Å². The van der Waals surface area contributed by atoms with Crippen LogP contribution in [0.1, 0.15) is 25.0 Å². The summed E-state index contributed by atoms with van der Waals surface area (Å²) in [6.45, 7) is 2.54. The van der Waals surface area contributed by atoms with Crippen LogP contribution in [0, 0.1) is 11.6 Å². The SMILES string of the molecule is CC(C)(C(=O)O)c1c(F)cc(CBr)cc1F. The average Bonchev–Trinajstić information content (AvgIpc) is 2.15. The Morgan fingerprint density at radius 1 is 1.38 bits per heavy atom. The molecule has 0 aromatic heterocycles. The van der Waals surface area contributed by atoms with Crippen LogP contribution in [0.15, 0.2) is 12.1 Å². The van der Waals surface area contributed by atoms with Crippen LogP contribution in [0.25, 0.3) is 0 Å². The molecule has 0 fully saturated rings. The Bertz CT molecular complexity index is 407. The summed E-state index contributed by atoms with van der Waals surface area (Å²) in [6, 6.07) is 2.27. The summed E-state index contributed by atoms with van der Waals surface area (Å²) in [5.41, 5.74) is -1.57. The van der Waals surface area contributed by atoms with Crippen molar-refractivity contribution in [2.45, 2.75) is 24.6 Å². The fourth-order valence-electron chi connectivity index (χ4n) is 1.41. The highest BCUT2D eigenvalue weighted by molar-refractivity contribution is 9.08. The molecule has 1 N–H and O–H groups in total. The molecule has 0 amide bonds. The number of alkyl halides is 1. The van der Waals surface area contributed by atoms with Crippen LogP contribution < -0.4 is 0 Å². The van der Waals surface area contributed by atoms with E-state index in [-0.39, 0.29) is 0 Å². The fraction of sp³-hybridized carbons (Fsp3) is 0.364. The molecule has 0 spiro atoms. The highest BCUT2D eigenvalue weighted by Crippen LogP contribution is 2.30. The van der Waals surface area contributed by atoms with E-state index in [0.29, 0.717) is 10.9 Å². The van der Waals surface area contributed by atoms with Crippen LogP contribution in [0.5, 0.6) is 0 Å². The van der Waals surface area contributed by atoms with E-state index in [9.17, 15) is 13.6 Å². The van der Waals surface area contributed by atoms with Gasteiger partial charge in [-0.1, -0.05) is 15.9 Å². The number of aliphatic carboxylic acids is 1. The van der Waals surface area contributed by atoms with Crippen LogP contribution in [-0.2, 0) is 15.5 Å². The molecule has 0 aliphatic rings. The normalized spacial score (nSPS) is 11.6. The van der Waals surface area contributed by atoms with E-state index >= 15 is 0 Å². The summed E-state index contributed by atoms with van der Waals surface area (Å²) in [5.74, 6) is -2.93. The van der Waals surface area contributed by atoms with E-state index in [1.165, 1.54) is 13.8 Å². The number of benzene rings is 1. The van der Waals surface area contributed by atoms with Gasteiger partial charge in [0.05, 0.1) is 5.41 Å². The molecule has 0 radical (unpaired) electrons. The molecule has 1 aromatic carbocycles. The first-order chi connectivity index (χ1) is 7.30. The largest absolute Gasteiger partial charge is 0.481 e. The number of carboxylic acid groups (broad SMARTS) is 1. The average molecular weight is 293 g/mol. The first-order valence-electron chi connectivity index (χ1n) is 4.58. The lowest BCUT2D eigenvalue weighted by Gasteiger charge is -2.21. The summed E-state index contributed by atoms with van der Waals surface area (Å²) in [7, 11) is 0. The van der Waals surface area contributed by atoms with Gasteiger partial charge < -0.3 is 5.11 Å². The summed E-state index contributed by atoms with van der Waals surface area (Å²) >= 11 is 3.08. The van der Waals surface area contributed by atoms with Crippen molar-refractivity contribution in [1.29, 1.82) is 0 Å². The zero-order chi connectivity index (χ0) is 12.5. The van der Waals surface area contributed by atoms with Gasteiger partial charge in [0.1, 0.15) is 11.6 Å². The minimum atomic E-state index is -1.58. The van der Waals surface area contributed by atoms with Crippen LogP contribution >= 0.6 is 15.9 Å². The molecule has 1 aromatic rings. The summed E-state index contributed by atoms with van der Waals surface area (Å²) in [5, 5.41) is 9.24. The number of hydrogen-bond donors (Lipinski definition) is 1. The molecule has 0 unspecified atom stereocenters. The second-order valence-electron chi connectivity index (χ2n) is 4.00. The van der Waals surface area contributed by atoms with E-state index < -0.39 is 28.6 Å². The second-order valence-corrected chi connectivity index (χ2v) is 4.56. The number of rotatable bonds is 3. The van der Waals surface area contributed by atoms with Crippen molar-refractivity contribution in [2.24, 2.45) is 0 Å². The van der Waals surface area contributed by atoms with E-state index in [4.69, 9.17) is 5.11 Å². The lowest BCUT2D eigenvalue weighted by Crippen LogP contribution is -2.31. The van der Waals surface area contributed by atoms with Gasteiger partial charge in [-0.15, -0.1) is 0 Å². The predicted molar refractivity (Wildman–Crippen MR) is 59.7 cm³/mol. The summed E-state index contributed by atoms with van der Waals surface area (Å²) in [4.78, 5) is 10.9. The lowest BCUT2D eigenvalue weighted by atomic mass is 9.83. The van der Waals surface area contributed by atoms with Gasteiger partial charge in [-0.3, -0.25) is 4.79 Å². The Morgan fingerprint density at radius 2 is 1.81 bits per heavy atom. The molecule has 0 aliphatic heterocycles. The number of carboxylic acids is 1. The fourth-order valence-corrected chi connectivity index (χ4v) is 1.73. The molecule has 5 heteroatoms. The summed E-state index contributed by atoms with van der Waals surface area (Å²) in [6.07, 6.45) is 0. The van der Waals surface area contributed by atoms with Crippen molar-refractivity contribution in [2.75, 3.05) is 0 Å². The van der Waals surface area contributed by atoms with Gasteiger partial charge in [-0.05, 0) is 31.5 Å². The van der Waals surface area contributed by atoms with Crippen LogP contribution in [0.2, 0.25) is 0 Å². The molecular formula is C11H11BrF2O2. The smallest absolute Gasteiger partial charge is 0.313 e. The third kappa shape index (κ3) is 2.24. The second kappa shape index (κ2) is 4.49. The molecule has 0 saturated carbocycles. The molecule has 88 valence electrons. The van der Waals surface area contributed by atoms with Gasteiger partial charge in [-0.25, -0.2) is 8.78 Å². The van der Waals surface area contributed by atoms with Crippen molar-refractivity contribution >= 4 is 21.9 Å². The third-order valence-corrected chi connectivity index (χ3v) is 3.06. The summed E-state index contributed by atoms with van der Waals surface area (Å²) < 4.78 is 27.3. The molecule has 0 aliphatic carbocycles. The maximum atomic E-state index is 13.6. The molecule has 1 rings (SSSR count). The van der Waals surface area contributed by atoms with Gasteiger partial charge in [-0.2, -0.15) is 0 Å². The van der Waals surface area contributed by atoms with Gasteiger partial charge in [0, 0.05) is 10.9 Å². The van der Waals surface area contributed by atoms with Gasteiger partial charge in [0.2, 0.25) is 0 Å². The Balaban J connectivity index is 3.41. The van der Waals surface area contributed by atoms with Gasteiger partial charge in [0.15, 0.2) is 0 Å². The predicted octanol–water partition coefficient (Wildman–Crippen LogP) is 3.22. The molecule has 2 nitrogen and oxygen atoms in total. The van der Waals surface area contributed by atoms with Crippen LogP contribution in [0.3, 0.4) is 0 Å². The van der Waals surface area contributed by atoms with Crippen molar-refractivity contribution in [3.05, 3.63) is 34.9 Å².